The van der Waals surface area contributed by atoms with Crippen molar-refractivity contribution in [3.8, 4) is 5.75 Å². The van der Waals surface area contributed by atoms with Crippen molar-refractivity contribution in [2.45, 2.75) is 39.7 Å². The molecule has 1 atom stereocenters. The molecule has 2 N–H and O–H groups in total. The molecule has 1 aromatic carbocycles. The van der Waals surface area contributed by atoms with Gasteiger partial charge in [0.05, 0.1) is 17.9 Å². The van der Waals surface area contributed by atoms with Crippen LogP contribution in [-0.4, -0.2) is 17.5 Å². The van der Waals surface area contributed by atoms with Crippen LogP contribution >= 0.6 is 11.3 Å². The van der Waals surface area contributed by atoms with Crippen LogP contribution in [0.4, 0.5) is 10.7 Å². The quantitative estimate of drug-likeness (QED) is 0.526. The number of aromatic nitrogens is 1. The number of para-hydroxylation sites is 2. The molecule has 1 unspecified atom stereocenters. The maximum Gasteiger partial charge on any atom is 0.259 e. The molecular formula is C24H27N3O2S. The van der Waals surface area contributed by atoms with Crippen molar-refractivity contribution in [1.82, 2.24) is 4.98 Å². The van der Waals surface area contributed by atoms with Gasteiger partial charge in [0, 0.05) is 23.8 Å². The van der Waals surface area contributed by atoms with E-state index in [-0.39, 0.29) is 5.91 Å². The molecule has 6 heteroatoms. The number of rotatable bonds is 7. The molecule has 0 aliphatic heterocycles. The first-order valence-corrected chi connectivity index (χ1v) is 11.3. The maximum atomic E-state index is 13.4. The number of hydrogen-bond acceptors (Lipinski definition) is 5. The van der Waals surface area contributed by atoms with E-state index in [4.69, 9.17) is 4.74 Å². The summed E-state index contributed by atoms with van der Waals surface area (Å²) in [4.78, 5) is 18.9. The minimum absolute atomic E-state index is 0.0807. The second kappa shape index (κ2) is 9.30. The van der Waals surface area contributed by atoms with Crippen LogP contribution in [0.3, 0.4) is 0 Å². The van der Waals surface area contributed by atoms with E-state index in [2.05, 4.69) is 22.5 Å². The number of fused-ring (bicyclic) bond motifs is 1. The van der Waals surface area contributed by atoms with Crippen LogP contribution < -0.4 is 15.4 Å². The van der Waals surface area contributed by atoms with Crippen molar-refractivity contribution in [3.05, 3.63) is 70.4 Å². The lowest BCUT2D eigenvalue weighted by Crippen LogP contribution is -2.18. The Morgan fingerprint density at radius 3 is 2.93 bits per heavy atom. The zero-order valence-corrected chi connectivity index (χ0v) is 18.2. The molecule has 0 saturated carbocycles. The minimum atomic E-state index is -0.0807. The van der Waals surface area contributed by atoms with Crippen LogP contribution in [0.2, 0.25) is 0 Å². The van der Waals surface area contributed by atoms with Crippen LogP contribution in [0.15, 0.2) is 48.8 Å². The van der Waals surface area contributed by atoms with Gasteiger partial charge < -0.3 is 15.4 Å². The molecule has 156 valence electrons. The Hall–Kier alpha value is -2.86. The first-order valence-electron chi connectivity index (χ1n) is 10.5. The third-order valence-electron chi connectivity index (χ3n) is 5.35. The summed E-state index contributed by atoms with van der Waals surface area (Å²) in [5.41, 5.74) is 3.76. The summed E-state index contributed by atoms with van der Waals surface area (Å²) >= 11 is 1.71. The van der Waals surface area contributed by atoms with Crippen LogP contribution in [0.5, 0.6) is 5.75 Å². The number of anilines is 2. The molecular weight excluding hydrogens is 394 g/mol. The molecule has 2 aromatic heterocycles. The third-order valence-corrected chi connectivity index (χ3v) is 6.56. The monoisotopic (exact) mass is 421 g/mol. The summed E-state index contributed by atoms with van der Waals surface area (Å²) in [6, 6.07) is 11.5. The molecule has 1 aliphatic rings. The summed E-state index contributed by atoms with van der Waals surface area (Å²) in [6.07, 6.45) is 6.70. The Labute approximate surface area is 181 Å². The smallest absolute Gasteiger partial charge is 0.259 e. The predicted octanol–water partition coefficient (Wildman–Crippen LogP) is 5.53. The van der Waals surface area contributed by atoms with Gasteiger partial charge in [0.1, 0.15) is 10.8 Å². The van der Waals surface area contributed by atoms with Gasteiger partial charge >= 0.3 is 0 Å². The average molecular weight is 422 g/mol. The lowest BCUT2D eigenvalue weighted by atomic mass is 9.88. The summed E-state index contributed by atoms with van der Waals surface area (Å²) in [5, 5.41) is 7.52. The summed E-state index contributed by atoms with van der Waals surface area (Å²) in [6.45, 7) is 5.41. The highest BCUT2D eigenvalue weighted by molar-refractivity contribution is 7.16. The summed E-state index contributed by atoms with van der Waals surface area (Å²) in [7, 11) is 0. The fraction of sp³-hybridized carbons (Fsp3) is 0.333. The number of ether oxygens (including phenoxy) is 1. The Bertz CT molecular complexity index is 1020. The molecule has 5 nitrogen and oxygen atoms in total. The Kier molecular flexibility index (Phi) is 6.33. The van der Waals surface area contributed by atoms with Gasteiger partial charge in [-0.15, -0.1) is 11.3 Å². The fourth-order valence-corrected chi connectivity index (χ4v) is 5.24. The number of nitrogens with one attached hydrogen (secondary N) is 2. The zero-order chi connectivity index (χ0) is 20.9. The van der Waals surface area contributed by atoms with Crippen molar-refractivity contribution in [2.24, 2.45) is 5.92 Å². The van der Waals surface area contributed by atoms with Gasteiger partial charge in [0.25, 0.3) is 5.91 Å². The van der Waals surface area contributed by atoms with Gasteiger partial charge in [-0.25, -0.2) is 0 Å². The highest BCUT2D eigenvalue weighted by atomic mass is 32.1. The Balaban J connectivity index is 1.63. The highest BCUT2D eigenvalue weighted by Gasteiger charge is 2.28. The molecule has 1 aliphatic carbocycles. The molecule has 0 radical (unpaired) electrons. The number of benzene rings is 1. The van der Waals surface area contributed by atoms with Gasteiger partial charge in [0.2, 0.25) is 0 Å². The molecule has 30 heavy (non-hydrogen) atoms. The number of pyridine rings is 1. The van der Waals surface area contributed by atoms with Gasteiger partial charge in [0.15, 0.2) is 0 Å². The molecule has 1 amide bonds. The van der Waals surface area contributed by atoms with Crippen molar-refractivity contribution < 1.29 is 9.53 Å². The van der Waals surface area contributed by atoms with Gasteiger partial charge in [-0.05, 0) is 61.4 Å². The minimum Gasteiger partial charge on any atom is -0.492 e. The van der Waals surface area contributed by atoms with Crippen molar-refractivity contribution in [2.75, 3.05) is 17.2 Å². The fourth-order valence-electron chi connectivity index (χ4n) is 3.84. The SMILES string of the molecule is CCOc1ccccc1NC(=O)c1c(NCc2cccnc2)sc2c1CCC(C)C2. The normalized spacial score (nSPS) is 15.3. The van der Waals surface area contributed by atoms with E-state index in [0.29, 0.717) is 30.5 Å². The molecule has 0 spiro atoms. The number of nitrogens with zero attached hydrogens (tertiary/aromatic N) is 1. The number of carbonyl (C=O) groups excluding carboxylic acids is 1. The van der Waals surface area contributed by atoms with Crippen molar-refractivity contribution in [3.63, 3.8) is 0 Å². The number of amides is 1. The van der Waals surface area contributed by atoms with Gasteiger partial charge in [-0.3, -0.25) is 9.78 Å². The van der Waals surface area contributed by atoms with E-state index in [9.17, 15) is 4.79 Å². The number of carbonyl (C=O) groups is 1. The number of hydrogen-bond donors (Lipinski definition) is 2. The topological polar surface area (TPSA) is 63.2 Å². The predicted molar refractivity (Wildman–Crippen MR) is 123 cm³/mol. The molecule has 3 aromatic rings. The van der Waals surface area contributed by atoms with E-state index in [1.54, 1.807) is 17.5 Å². The van der Waals surface area contributed by atoms with Crippen LogP contribution in [0.25, 0.3) is 0 Å². The van der Waals surface area contributed by atoms with E-state index >= 15 is 0 Å². The van der Waals surface area contributed by atoms with Crippen LogP contribution in [-0.2, 0) is 19.4 Å². The van der Waals surface area contributed by atoms with E-state index in [1.807, 2.05) is 49.5 Å². The van der Waals surface area contributed by atoms with E-state index < -0.39 is 0 Å². The molecule has 2 heterocycles. The Morgan fingerprint density at radius 2 is 2.13 bits per heavy atom. The second-order valence-electron chi connectivity index (χ2n) is 7.65. The molecule has 0 saturated heterocycles. The lowest BCUT2D eigenvalue weighted by molar-refractivity contribution is 0.102. The zero-order valence-electron chi connectivity index (χ0n) is 17.4. The largest absolute Gasteiger partial charge is 0.492 e. The maximum absolute atomic E-state index is 13.4. The number of thiophene rings is 1. The standard InChI is InChI=1S/C24H27N3O2S/c1-3-29-20-9-5-4-8-19(20)27-23(28)22-18-11-10-16(2)13-21(18)30-24(22)26-15-17-7-6-12-25-14-17/h4-9,12,14,16,26H,3,10-11,13,15H2,1-2H3,(H,27,28). The molecule has 0 fully saturated rings. The summed E-state index contributed by atoms with van der Waals surface area (Å²) in [5.74, 6) is 1.26. The summed E-state index contributed by atoms with van der Waals surface area (Å²) < 4.78 is 5.68. The third kappa shape index (κ3) is 4.49. The first kappa shape index (κ1) is 20.4. The Morgan fingerprint density at radius 1 is 1.27 bits per heavy atom. The van der Waals surface area contributed by atoms with Gasteiger partial charge in [-0.1, -0.05) is 25.1 Å². The second-order valence-corrected chi connectivity index (χ2v) is 8.76. The van der Waals surface area contributed by atoms with Gasteiger partial charge in [-0.2, -0.15) is 0 Å². The van der Waals surface area contributed by atoms with Crippen LogP contribution in [0, 0.1) is 5.92 Å². The van der Waals surface area contributed by atoms with E-state index in [0.717, 1.165) is 35.4 Å². The average Bonchev–Trinajstić information content (AvgIpc) is 3.12. The lowest BCUT2D eigenvalue weighted by Gasteiger charge is -2.19. The highest BCUT2D eigenvalue weighted by Crippen LogP contribution is 2.40. The van der Waals surface area contributed by atoms with Crippen molar-refractivity contribution in [1.29, 1.82) is 0 Å². The molecule has 0 bridgehead atoms. The van der Waals surface area contributed by atoms with Crippen LogP contribution in [0.1, 0.15) is 46.6 Å². The first-order chi connectivity index (χ1) is 14.7. The van der Waals surface area contributed by atoms with Crippen molar-refractivity contribution >= 4 is 27.9 Å². The van der Waals surface area contributed by atoms with E-state index in [1.165, 1.54) is 10.4 Å². The molecule has 4 rings (SSSR count).